The minimum Gasteiger partial charge on any atom is -0.376 e. The van der Waals surface area contributed by atoms with E-state index < -0.39 is 0 Å². The van der Waals surface area contributed by atoms with Crippen LogP contribution in [-0.4, -0.2) is 31.1 Å². The van der Waals surface area contributed by atoms with Gasteiger partial charge < -0.3 is 15.4 Å². The van der Waals surface area contributed by atoms with Gasteiger partial charge in [-0.15, -0.1) is 0 Å². The van der Waals surface area contributed by atoms with E-state index in [-0.39, 0.29) is 29.8 Å². The molecule has 0 bridgehead atoms. The third-order valence-electron chi connectivity index (χ3n) is 4.18. The Labute approximate surface area is 144 Å². The zero-order chi connectivity index (χ0) is 16.4. The van der Waals surface area contributed by atoms with Crippen LogP contribution in [0.15, 0.2) is 18.2 Å². The first-order valence-corrected chi connectivity index (χ1v) is 8.45. The summed E-state index contributed by atoms with van der Waals surface area (Å²) in [5, 5.41) is 6.51. The Morgan fingerprint density at radius 2 is 2.00 bits per heavy atom. The summed E-state index contributed by atoms with van der Waals surface area (Å²) in [6.07, 6.45) is 2.68. The second-order valence-corrected chi connectivity index (χ2v) is 6.79. The van der Waals surface area contributed by atoms with Crippen LogP contribution in [0, 0.1) is 11.8 Å². The molecule has 3 unspecified atom stereocenters. The quantitative estimate of drug-likeness (QED) is 0.852. The highest BCUT2D eigenvalue weighted by molar-refractivity contribution is 6.35. The van der Waals surface area contributed by atoms with Gasteiger partial charge in [-0.05, 0) is 37.5 Å². The van der Waals surface area contributed by atoms with Gasteiger partial charge >= 0.3 is 0 Å². The number of rotatable bonds is 5. The number of ether oxygens (including phenoxy) is 1. The minimum absolute atomic E-state index is 0.0853. The Morgan fingerprint density at radius 3 is 2.74 bits per heavy atom. The van der Waals surface area contributed by atoms with Crippen molar-refractivity contribution < 1.29 is 14.3 Å². The molecule has 1 aromatic rings. The van der Waals surface area contributed by atoms with E-state index in [4.69, 9.17) is 27.9 Å². The van der Waals surface area contributed by atoms with Crippen LogP contribution < -0.4 is 10.6 Å². The van der Waals surface area contributed by atoms with E-state index in [1.807, 2.05) is 0 Å². The summed E-state index contributed by atoms with van der Waals surface area (Å²) in [5.74, 6) is -0.867. The van der Waals surface area contributed by atoms with Crippen LogP contribution in [0.5, 0.6) is 0 Å². The van der Waals surface area contributed by atoms with Crippen molar-refractivity contribution in [3.05, 3.63) is 28.2 Å². The first-order valence-electron chi connectivity index (χ1n) is 7.70. The van der Waals surface area contributed by atoms with Crippen molar-refractivity contribution in [1.29, 1.82) is 0 Å². The first kappa shape index (κ1) is 16.6. The zero-order valence-corrected chi connectivity index (χ0v) is 14.0. The second-order valence-electron chi connectivity index (χ2n) is 5.94. The number of hydrogen-bond donors (Lipinski definition) is 2. The number of carbonyl (C=O) groups excluding carboxylic acids is 2. The molecule has 5 nitrogen and oxygen atoms in total. The number of benzene rings is 1. The highest BCUT2D eigenvalue weighted by Crippen LogP contribution is 2.40. The fourth-order valence-corrected chi connectivity index (χ4v) is 3.08. The summed E-state index contributed by atoms with van der Waals surface area (Å²) in [6.45, 7) is 1.28. The van der Waals surface area contributed by atoms with E-state index >= 15 is 0 Å². The first-order chi connectivity index (χ1) is 11.0. The highest BCUT2D eigenvalue weighted by atomic mass is 35.5. The number of carbonyl (C=O) groups is 2. The van der Waals surface area contributed by atoms with Crippen molar-refractivity contribution in [2.24, 2.45) is 11.8 Å². The van der Waals surface area contributed by atoms with Crippen LogP contribution in [0.2, 0.25) is 10.0 Å². The molecule has 2 fully saturated rings. The Kier molecular flexibility index (Phi) is 5.09. The number of halogens is 2. The molecule has 1 aromatic carbocycles. The zero-order valence-electron chi connectivity index (χ0n) is 12.5. The average molecular weight is 357 g/mol. The second kappa shape index (κ2) is 7.07. The summed E-state index contributed by atoms with van der Waals surface area (Å²) in [7, 11) is 0. The van der Waals surface area contributed by atoms with Crippen molar-refractivity contribution in [3.63, 3.8) is 0 Å². The molecule has 7 heteroatoms. The third-order valence-corrected chi connectivity index (χ3v) is 4.74. The maximum Gasteiger partial charge on any atom is 0.228 e. The number of hydrogen-bond acceptors (Lipinski definition) is 3. The van der Waals surface area contributed by atoms with Crippen LogP contribution in [0.1, 0.15) is 19.3 Å². The molecule has 2 amide bonds. The molecule has 0 radical (unpaired) electrons. The van der Waals surface area contributed by atoms with Gasteiger partial charge in [0.15, 0.2) is 0 Å². The molecule has 1 heterocycles. The largest absolute Gasteiger partial charge is 0.376 e. The lowest BCUT2D eigenvalue weighted by atomic mass is 10.2. The molecule has 1 saturated heterocycles. The standard InChI is InChI=1S/C16H18Cl2N2O3/c17-9-3-4-13(18)14(6-9)20-16(22)12-7-11(12)15(21)19-8-10-2-1-5-23-10/h3-4,6,10-12H,1-2,5,7-8H2,(H,19,21)(H,20,22). The van der Waals surface area contributed by atoms with Gasteiger partial charge in [-0.3, -0.25) is 9.59 Å². The summed E-state index contributed by atoms with van der Waals surface area (Å²) in [5.41, 5.74) is 0.467. The smallest absolute Gasteiger partial charge is 0.228 e. The fourth-order valence-electron chi connectivity index (χ4n) is 2.74. The van der Waals surface area contributed by atoms with Crippen molar-refractivity contribution in [1.82, 2.24) is 5.32 Å². The van der Waals surface area contributed by atoms with E-state index in [9.17, 15) is 9.59 Å². The van der Waals surface area contributed by atoms with Crippen molar-refractivity contribution in [2.45, 2.75) is 25.4 Å². The molecule has 124 valence electrons. The number of nitrogens with one attached hydrogen (secondary N) is 2. The van der Waals surface area contributed by atoms with Gasteiger partial charge in [0, 0.05) is 18.2 Å². The molecule has 2 aliphatic rings. The maximum atomic E-state index is 12.2. The van der Waals surface area contributed by atoms with Gasteiger partial charge in [-0.2, -0.15) is 0 Å². The Hall–Kier alpha value is -1.30. The van der Waals surface area contributed by atoms with Gasteiger partial charge in [0.25, 0.3) is 0 Å². The summed E-state index contributed by atoms with van der Waals surface area (Å²) >= 11 is 11.9. The maximum absolute atomic E-state index is 12.2. The molecule has 0 aromatic heterocycles. The van der Waals surface area contributed by atoms with Crippen LogP contribution in [0.3, 0.4) is 0 Å². The summed E-state index contributed by atoms with van der Waals surface area (Å²) in [6, 6.07) is 4.87. The van der Waals surface area contributed by atoms with E-state index in [0.717, 1.165) is 19.4 Å². The van der Waals surface area contributed by atoms with E-state index in [1.165, 1.54) is 0 Å². The lowest BCUT2D eigenvalue weighted by molar-refractivity contribution is -0.125. The van der Waals surface area contributed by atoms with Gasteiger partial charge in [-0.1, -0.05) is 23.2 Å². The number of anilines is 1. The molecule has 2 N–H and O–H groups in total. The highest BCUT2D eigenvalue weighted by Gasteiger charge is 2.48. The fraction of sp³-hybridized carbons (Fsp3) is 0.500. The van der Waals surface area contributed by atoms with Crippen LogP contribution >= 0.6 is 23.2 Å². The molecular formula is C16H18Cl2N2O3. The summed E-state index contributed by atoms with van der Waals surface area (Å²) < 4.78 is 5.46. The molecular weight excluding hydrogens is 339 g/mol. The lowest BCUT2D eigenvalue weighted by Crippen LogP contribution is -2.33. The minimum atomic E-state index is -0.311. The average Bonchev–Trinajstić information content (AvgIpc) is 3.17. The van der Waals surface area contributed by atoms with Gasteiger partial charge in [0.1, 0.15) is 0 Å². The molecule has 3 atom stereocenters. The van der Waals surface area contributed by atoms with Crippen molar-refractivity contribution in [3.8, 4) is 0 Å². The Morgan fingerprint density at radius 1 is 1.22 bits per heavy atom. The Balaban J connectivity index is 1.48. The number of amides is 2. The van der Waals surface area contributed by atoms with Crippen LogP contribution in [0.25, 0.3) is 0 Å². The third kappa shape index (κ3) is 4.16. The van der Waals surface area contributed by atoms with Crippen LogP contribution in [-0.2, 0) is 14.3 Å². The van der Waals surface area contributed by atoms with Crippen molar-refractivity contribution >= 4 is 40.7 Å². The van der Waals surface area contributed by atoms with E-state index in [1.54, 1.807) is 18.2 Å². The predicted octanol–water partition coefficient (Wildman–Crippen LogP) is 2.86. The van der Waals surface area contributed by atoms with Crippen molar-refractivity contribution in [2.75, 3.05) is 18.5 Å². The van der Waals surface area contributed by atoms with Crippen LogP contribution in [0.4, 0.5) is 5.69 Å². The Bertz CT molecular complexity index is 617. The molecule has 3 rings (SSSR count). The molecule has 0 spiro atoms. The SMILES string of the molecule is O=C(NCC1CCCO1)C1CC1C(=O)Nc1cc(Cl)ccc1Cl. The predicted molar refractivity (Wildman–Crippen MR) is 88.7 cm³/mol. The lowest BCUT2D eigenvalue weighted by Gasteiger charge is -2.11. The van der Waals surface area contributed by atoms with Gasteiger partial charge in [0.05, 0.1) is 28.6 Å². The summed E-state index contributed by atoms with van der Waals surface area (Å²) in [4.78, 5) is 24.3. The monoisotopic (exact) mass is 356 g/mol. The van der Waals surface area contributed by atoms with E-state index in [0.29, 0.717) is 28.7 Å². The van der Waals surface area contributed by atoms with Gasteiger partial charge in [0.2, 0.25) is 11.8 Å². The van der Waals surface area contributed by atoms with Gasteiger partial charge in [-0.25, -0.2) is 0 Å². The van der Waals surface area contributed by atoms with E-state index in [2.05, 4.69) is 10.6 Å². The topological polar surface area (TPSA) is 67.4 Å². The molecule has 1 saturated carbocycles. The molecule has 1 aliphatic carbocycles. The molecule has 1 aliphatic heterocycles. The normalized spacial score (nSPS) is 25.9. The molecule has 23 heavy (non-hydrogen) atoms.